The third-order valence-corrected chi connectivity index (χ3v) is 4.93. The fraction of sp³-hybridized carbons (Fsp3) is 0.217. The van der Waals surface area contributed by atoms with Crippen LogP contribution in [-0.2, 0) is 11.2 Å². The maximum Gasteiger partial charge on any atom is 0.231 e. The quantitative estimate of drug-likeness (QED) is 0.795. The maximum atomic E-state index is 12.4. The van der Waals surface area contributed by atoms with E-state index in [-0.39, 0.29) is 12.6 Å². The van der Waals surface area contributed by atoms with Gasteiger partial charge in [-0.3, -0.25) is 4.79 Å². The first-order valence-corrected chi connectivity index (χ1v) is 8.84. The summed E-state index contributed by atoms with van der Waals surface area (Å²) in [6, 6.07) is 14.3. The number of ether oxygens (including phenoxy) is 2. The van der Waals surface area contributed by atoms with E-state index in [9.17, 15) is 4.79 Å². The van der Waals surface area contributed by atoms with Gasteiger partial charge in [0, 0.05) is 6.42 Å². The Morgan fingerprint density at radius 2 is 1.88 bits per heavy atom. The van der Waals surface area contributed by atoms with Gasteiger partial charge in [-0.15, -0.1) is 0 Å². The molecule has 0 N–H and O–H groups in total. The van der Waals surface area contributed by atoms with E-state index in [1.54, 1.807) is 0 Å². The summed E-state index contributed by atoms with van der Waals surface area (Å²) in [6.45, 7) is 6.37. The number of rotatable bonds is 4. The van der Waals surface area contributed by atoms with E-state index in [0.717, 1.165) is 46.6 Å². The van der Waals surface area contributed by atoms with Crippen LogP contribution in [0.5, 0.6) is 11.5 Å². The Balaban J connectivity index is 1.56. The molecule has 1 heterocycles. The van der Waals surface area contributed by atoms with Crippen LogP contribution in [0.4, 0.5) is 0 Å². The van der Waals surface area contributed by atoms with E-state index in [1.807, 2.05) is 24.3 Å². The van der Waals surface area contributed by atoms with Crippen molar-refractivity contribution in [1.29, 1.82) is 0 Å². The lowest BCUT2D eigenvalue weighted by Crippen LogP contribution is -2.10. The Morgan fingerprint density at radius 1 is 1.04 bits per heavy atom. The van der Waals surface area contributed by atoms with Crippen molar-refractivity contribution in [3.8, 4) is 11.5 Å². The third kappa shape index (κ3) is 3.30. The molecule has 2 aliphatic rings. The van der Waals surface area contributed by atoms with Crippen molar-refractivity contribution in [2.75, 3.05) is 6.79 Å². The third-order valence-electron chi connectivity index (χ3n) is 4.93. The van der Waals surface area contributed by atoms with Gasteiger partial charge >= 0.3 is 0 Å². The molecule has 0 atom stereocenters. The van der Waals surface area contributed by atoms with Crippen LogP contribution >= 0.6 is 0 Å². The molecule has 0 saturated carbocycles. The van der Waals surface area contributed by atoms with Gasteiger partial charge in [-0.1, -0.05) is 42.0 Å². The number of ketones is 1. The minimum Gasteiger partial charge on any atom is -0.454 e. The van der Waals surface area contributed by atoms with E-state index in [0.29, 0.717) is 12.0 Å². The Labute approximate surface area is 154 Å². The van der Waals surface area contributed by atoms with Crippen molar-refractivity contribution in [3.05, 3.63) is 83.3 Å². The molecule has 26 heavy (non-hydrogen) atoms. The second kappa shape index (κ2) is 6.83. The summed E-state index contributed by atoms with van der Waals surface area (Å²) in [5.74, 6) is 1.70. The number of aryl methyl sites for hydroxylation is 2. The van der Waals surface area contributed by atoms with Crippen LogP contribution in [0, 0.1) is 13.8 Å². The zero-order valence-electron chi connectivity index (χ0n) is 14.9. The highest BCUT2D eigenvalue weighted by Gasteiger charge is 2.20. The molecule has 0 bridgehead atoms. The van der Waals surface area contributed by atoms with Gasteiger partial charge in [-0.05, 0) is 66.7 Å². The van der Waals surface area contributed by atoms with E-state index in [1.165, 1.54) is 5.56 Å². The lowest BCUT2D eigenvalue weighted by molar-refractivity contribution is -0.114. The number of benzene rings is 2. The second-order valence-corrected chi connectivity index (χ2v) is 6.83. The lowest BCUT2D eigenvalue weighted by atomic mass is 9.86. The fourth-order valence-corrected chi connectivity index (χ4v) is 3.44. The number of carbonyl (C=O) groups excluding carboxylic acids is 1. The number of hydrogen-bond donors (Lipinski definition) is 0. The molecule has 2 aromatic carbocycles. The molecule has 1 aliphatic carbocycles. The predicted octanol–water partition coefficient (Wildman–Crippen LogP) is 4.84. The fourth-order valence-electron chi connectivity index (χ4n) is 3.44. The predicted molar refractivity (Wildman–Crippen MR) is 102 cm³/mol. The molecular weight excluding hydrogens is 324 g/mol. The number of hydrogen-bond acceptors (Lipinski definition) is 3. The van der Waals surface area contributed by atoms with E-state index < -0.39 is 0 Å². The topological polar surface area (TPSA) is 35.5 Å². The first-order chi connectivity index (χ1) is 12.6. The number of allylic oxidation sites excluding steroid dienone is 4. The van der Waals surface area contributed by atoms with Gasteiger partial charge in [-0.2, -0.15) is 0 Å². The van der Waals surface area contributed by atoms with Crippen molar-refractivity contribution >= 4 is 11.4 Å². The van der Waals surface area contributed by atoms with E-state index >= 15 is 0 Å². The molecule has 0 amide bonds. The number of fused-ring (bicyclic) bond motifs is 1. The van der Waals surface area contributed by atoms with Crippen LogP contribution in [0.2, 0.25) is 0 Å². The van der Waals surface area contributed by atoms with Gasteiger partial charge in [-0.25, -0.2) is 0 Å². The molecule has 0 fully saturated rings. The summed E-state index contributed by atoms with van der Waals surface area (Å²) in [7, 11) is 0. The van der Waals surface area contributed by atoms with Crippen LogP contribution in [0.3, 0.4) is 0 Å². The highest BCUT2D eigenvalue weighted by molar-refractivity contribution is 6.06. The molecule has 0 unspecified atom stereocenters. The minimum absolute atomic E-state index is 0.115. The smallest absolute Gasteiger partial charge is 0.231 e. The van der Waals surface area contributed by atoms with Gasteiger partial charge in [0.15, 0.2) is 17.3 Å². The van der Waals surface area contributed by atoms with Crippen molar-refractivity contribution in [2.24, 2.45) is 0 Å². The van der Waals surface area contributed by atoms with Crippen LogP contribution in [0.1, 0.15) is 29.5 Å². The summed E-state index contributed by atoms with van der Waals surface area (Å²) in [5, 5.41) is 0. The molecule has 0 saturated heterocycles. The monoisotopic (exact) mass is 345 g/mol. The average molecular weight is 345 g/mol. The molecule has 4 rings (SSSR count). The normalized spacial score (nSPS) is 16.1. The highest BCUT2D eigenvalue weighted by Crippen LogP contribution is 2.34. The van der Waals surface area contributed by atoms with Crippen molar-refractivity contribution in [2.45, 2.75) is 26.2 Å². The van der Waals surface area contributed by atoms with Crippen LogP contribution in [0.25, 0.3) is 5.57 Å². The SMILES string of the molecule is [CH2]C1=C(CCc2ccc3c(c2)OCO3)C=C(c2cccc(C)c2)CC1=O. The molecule has 2 aromatic rings. The van der Waals surface area contributed by atoms with Crippen LogP contribution in [-0.4, -0.2) is 12.6 Å². The molecule has 0 spiro atoms. The highest BCUT2D eigenvalue weighted by atomic mass is 16.7. The second-order valence-electron chi connectivity index (χ2n) is 6.83. The Bertz CT molecular complexity index is 934. The van der Waals surface area contributed by atoms with Gasteiger partial charge in [0.25, 0.3) is 0 Å². The van der Waals surface area contributed by atoms with Gasteiger partial charge in [0.2, 0.25) is 6.79 Å². The first-order valence-electron chi connectivity index (χ1n) is 8.84. The summed E-state index contributed by atoms with van der Waals surface area (Å²) >= 11 is 0. The van der Waals surface area contributed by atoms with Crippen molar-refractivity contribution < 1.29 is 14.3 Å². The molecule has 1 aliphatic heterocycles. The summed E-state index contributed by atoms with van der Waals surface area (Å²) in [5.41, 5.74) is 6.22. The largest absolute Gasteiger partial charge is 0.454 e. The number of carbonyl (C=O) groups is 1. The molecule has 3 nitrogen and oxygen atoms in total. The van der Waals surface area contributed by atoms with Gasteiger partial charge < -0.3 is 9.47 Å². The molecule has 1 radical (unpaired) electrons. The lowest BCUT2D eigenvalue weighted by Gasteiger charge is -2.18. The summed E-state index contributed by atoms with van der Waals surface area (Å²) in [4.78, 5) is 12.4. The zero-order valence-corrected chi connectivity index (χ0v) is 14.9. The van der Waals surface area contributed by atoms with Crippen molar-refractivity contribution in [1.82, 2.24) is 0 Å². The number of Topliss-reactive ketones (excluding diaryl/α,β-unsaturated/α-hetero) is 1. The van der Waals surface area contributed by atoms with Crippen molar-refractivity contribution in [3.63, 3.8) is 0 Å². The van der Waals surface area contributed by atoms with Gasteiger partial charge in [0.05, 0.1) is 0 Å². The minimum atomic E-state index is 0.115. The summed E-state index contributed by atoms with van der Waals surface area (Å²) < 4.78 is 10.8. The summed E-state index contributed by atoms with van der Waals surface area (Å²) in [6.07, 6.45) is 4.18. The van der Waals surface area contributed by atoms with E-state index in [4.69, 9.17) is 9.47 Å². The standard InChI is InChI=1S/C23H21O3/c1-15-4-3-5-19(10-15)20-12-18(16(2)21(24)13-20)8-6-17-7-9-22-23(11-17)26-14-25-22/h3-5,7,9-12H,2,6,8,13-14H2,1H3. The van der Waals surface area contributed by atoms with Crippen LogP contribution < -0.4 is 9.47 Å². The zero-order chi connectivity index (χ0) is 18.1. The maximum absolute atomic E-state index is 12.4. The molecular formula is C23H21O3. The molecule has 0 aromatic heterocycles. The Morgan fingerprint density at radius 3 is 2.73 bits per heavy atom. The molecule has 3 heteroatoms. The van der Waals surface area contributed by atoms with Gasteiger partial charge in [0.1, 0.15) is 0 Å². The first kappa shape index (κ1) is 16.6. The average Bonchev–Trinajstić information content (AvgIpc) is 3.10. The Hall–Kier alpha value is -2.81. The van der Waals surface area contributed by atoms with Crippen LogP contribution in [0.15, 0.2) is 59.7 Å². The molecule has 131 valence electrons. The van der Waals surface area contributed by atoms with E-state index in [2.05, 4.69) is 38.1 Å². The Kier molecular flexibility index (Phi) is 4.37.